The van der Waals surface area contributed by atoms with Gasteiger partial charge < -0.3 is 15.0 Å². The van der Waals surface area contributed by atoms with Gasteiger partial charge in [0.1, 0.15) is 0 Å². The van der Waals surface area contributed by atoms with Crippen LogP contribution in [-0.2, 0) is 15.2 Å². The Bertz CT molecular complexity index is 677. The zero-order valence-corrected chi connectivity index (χ0v) is 15.7. The van der Waals surface area contributed by atoms with Gasteiger partial charge in [0.05, 0.1) is 13.2 Å². The molecule has 2 aliphatic heterocycles. The maximum absolute atomic E-state index is 14.3. The molecule has 0 radical (unpaired) electrons. The van der Waals surface area contributed by atoms with E-state index in [1.165, 1.54) is 0 Å². The molecule has 6 heteroatoms. The van der Waals surface area contributed by atoms with Gasteiger partial charge in [0.15, 0.2) is 5.67 Å². The molecule has 26 heavy (non-hydrogen) atoms. The number of hydrogen-bond acceptors (Lipinski definition) is 3. The van der Waals surface area contributed by atoms with E-state index in [0.717, 1.165) is 19.4 Å². The number of nitrogens with zero attached hydrogens (tertiary/aromatic N) is 1. The molecule has 3 rings (SSSR count). The highest BCUT2D eigenvalue weighted by molar-refractivity contribution is 5.94. The number of rotatable bonds is 4. The molecule has 2 heterocycles. The van der Waals surface area contributed by atoms with Crippen LogP contribution in [0.1, 0.15) is 49.5 Å². The molecule has 0 aromatic heterocycles. The lowest BCUT2D eigenvalue weighted by Crippen LogP contribution is -2.47. The largest absolute Gasteiger partial charge is 0.374 e. The van der Waals surface area contributed by atoms with E-state index < -0.39 is 11.1 Å². The van der Waals surface area contributed by atoms with E-state index in [4.69, 9.17) is 4.74 Å². The summed E-state index contributed by atoms with van der Waals surface area (Å²) >= 11 is 0. The molecule has 1 aromatic rings. The fourth-order valence-corrected chi connectivity index (χ4v) is 3.43. The van der Waals surface area contributed by atoms with Gasteiger partial charge in [-0.15, -0.1) is 0 Å². The molecule has 0 spiro atoms. The van der Waals surface area contributed by atoms with Crippen molar-refractivity contribution in [1.29, 1.82) is 0 Å². The molecule has 142 valence electrons. The highest BCUT2D eigenvalue weighted by atomic mass is 19.1. The quantitative estimate of drug-likeness (QED) is 0.896. The molecule has 1 atom stereocenters. The van der Waals surface area contributed by atoms with Gasteiger partial charge in [0.25, 0.3) is 5.91 Å². The summed E-state index contributed by atoms with van der Waals surface area (Å²) in [6.07, 6.45) is 1.85. The van der Waals surface area contributed by atoms with Gasteiger partial charge in [0, 0.05) is 30.1 Å². The average Bonchev–Trinajstić information content (AvgIpc) is 3.04. The second-order valence-electron chi connectivity index (χ2n) is 8.29. The first-order valence-electron chi connectivity index (χ1n) is 9.17. The third kappa shape index (κ3) is 3.75. The van der Waals surface area contributed by atoms with E-state index in [2.05, 4.69) is 5.32 Å². The summed E-state index contributed by atoms with van der Waals surface area (Å²) in [6.45, 7) is 7.05. The van der Waals surface area contributed by atoms with Gasteiger partial charge >= 0.3 is 0 Å². The van der Waals surface area contributed by atoms with Crippen molar-refractivity contribution in [1.82, 2.24) is 10.2 Å². The molecule has 1 unspecified atom stereocenters. The van der Waals surface area contributed by atoms with Crippen LogP contribution in [0, 0.1) is 5.41 Å². The molecule has 0 aliphatic carbocycles. The molecule has 5 nitrogen and oxygen atoms in total. The van der Waals surface area contributed by atoms with Gasteiger partial charge in [-0.2, -0.15) is 0 Å². The fourth-order valence-electron chi connectivity index (χ4n) is 3.43. The first-order valence-corrected chi connectivity index (χ1v) is 9.17. The van der Waals surface area contributed by atoms with Crippen LogP contribution in [0.2, 0.25) is 0 Å². The number of alkyl halides is 1. The molecule has 1 aromatic carbocycles. The van der Waals surface area contributed by atoms with E-state index in [9.17, 15) is 14.0 Å². The summed E-state index contributed by atoms with van der Waals surface area (Å²) in [7, 11) is 0. The second kappa shape index (κ2) is 6.99. The number of carbonyl (C=O) groups is 2. The first-order chi connectivity index (χ1) is 12.2. The predicted octanol–water partition coefficient (Wildman–Crippen LogP) is 2.65. The van der Waals surface area contributed by atoms with Crippen molar-refractivity contribution in [2.45, 2.75) is 45.3 Å². The Balaban J connectivity index is 1.57. The average molecular weight is 362 g/mol. The SMILES string of the molecule is CC(C)(C)C(=O)N1CCCC1CNC(=O)c1ccc(C2(F)COC2)cc1. The van der Waals surface area contributed by atoms with E-state index in [-0.39, 0.29) is 31.1 Å². The van der Waals surface area contributed by atoms with Crippen LogP contribution >= 0.6 is 0 Å². The molecule has 2 amide bonds. The van der Waals surface area contributed by atoms with Crippen LogP contribution < -0.4 is 5.32 Å². The Morgan fingerprint density at radius 1 is 1.27 bits per heavy atom. The Hall–Kier alpha value is -1.95. The Labute approximate surface area is 153 Å². The number of hydrogen-bond donors (Lipinski definition) is 1. The standard InChI is InChI=1S/C20H27FN2O3/c1-19(2,3)18(25)23-10-4-5-16(23)11-22-17(24)14-6-8-15(9-7-14)20(21)12-26-13-20/h6-9,16H,4-5,10-13H2,1-3H3,(H,22,24). The second-order valence-corrected chi connectivity index (χ2v) is 8.29. The zero-order valence-electron chi connectivity index (χ0n) is 15.7. The number of likely N-dealkylation sites (tertiary alicyclic amines) is 1. The van der Waals surface area contributed by atoms with Crippen LogP contribution in [0.4, 0.5) is 4.39 Å². The molecule has 0 saturated carbocycles. The van der Waals surface area contributed by atoms with Crippen LogP contribution in [-0.4, -0.2) is 49.1 Å². The van der Waals surface area contributed by atoms with Crippen LogP contribution in [0.15, 0.2) is 24.3 Å². The lowest BCUT2D eigenvalue weighted by Gasteiger charge is -2.34. The summed E-state index contributed by atoms with van der Waals surface area (Å²) < 4.78 is 19.2. The predicted molar refractivity (Wildman–Crippen MR) is 96.6 cm³/mol. The molecule has 2 saturated heterocycles. The third-order valence-corrected chi connectivity index (χ3v) is 5.10. The van der Waals surface area contributed by atoms with Crippen molar-refractivity contribution in [2.75, 3.05) is 26.3 Å². The van der Waals surface area contributed by atoms with Gasteiger partial charge in [0.2, 0.25) is 5.91 Å². The summed E-state index contributed by atoms with van der Waals surface area (Å²) in [5.74, 6) is -0.0843. The summed E-state index contributed by atoms with van der Waals surface area (Å²) in [5.41, 5.74) is -0.815. The molecule has 0 bridgehead atoms. The fraction of sp³-hybridized carbons (Fsp3) is 0.600. The minimum Gasteiger partial charge on any atom is -0.374 e. The van der Waals surface area contributed by atoms with Crippen molar-refractivity contribution < 1.29 is 18.7 Å². The van der Waals surface area contributed by atoms with E-state index >= 15 is 0 Å². The monoisotopic (exact) mass is 362 g/mol. The van der Waals surface area contributed by atoms with Gasteiger partial charge in [-0.05, 0) is 30.5 Å². The van der Waals surface area contributed by atoms with Crippen LogP contribution in [0.25, 0.3) is 0 Å². The van der Waals surface area contributed by atoms with Crippen LogP contribution in [0.3, 0.4) is 0 Å². The van der Waals surface area contributed by atoms with Crippen molar-refractivity contribution in [3.05, 3.63) is 35.4 Å². The Morgan fingerprint density at radius 3 is 2.46 bits per heavy atom. The molecule has 2 aliphatic rings. The van der Waals surface area contributed by atoms with E-state index in [1.54, 1.807) is 24.3 Å². The number of ether oxygens (including phenoxy) is 1. The zero-order chi connectivity index (χ0) is 18.9. The van der Waals surface area contributed by atoms with Crippen molar-refractivity contribution in [2.24, 2.45) is 5.41 Å². The topological polar surface area (TPSA) is 58.6 Å². The molecule has 1 N–H and O–H groups in total. The van der Waals surface area contributed by atoms with Crippen molar-refractivity contribution >= 4 is 11.8 Å². The molecular formula is C20H27FN2O3. The Morgan fingerprint density at radius 2 is 1.92 bits per heavy atom. The third-order valence-electron chi connectivity index (χ3n) is 5.10. The summed E-state index contributed by atoms with van der Waals surface area (Å²) in [5, 5.41) is 2.91. The maximum Gasteiger partial charge on any atom is 0.251 e. The lowest BCUT2D eigenvalue weighted by molar-refractivity contribution is -0.140. The number of carbonyl (C=O) groups excluding carboxylic acids is 2. The minimum atomic E-state index is -1.42. The van der Waals surface area contributed by atoms with E-state index in [1.807, 2.05) is 25.7 Å². The normalized spacial score (nSPS) is 22.0. The molecular weight excluding hydrogens is 335 g/mol. The number of halogens is 1. The molecule has 2 fully saturated rings. The van der Waals surface area contributed by atoms with Gasteiger partial charge in [-0.25, -0.2) is 4.39 Å². The summed E-state index contributed by atoms with van der Waals surface area (Å²) in [6, 6.07) is 6.59. The maximum atomic E-state index is 14.3. The van der Waals surface area contributed by atoms with Gasteiger partial charge in [-0.3, -0.25) is 9.59 Å². The summed E-state index contributed by atoms with van der Waals surface area (Å²) in [4.78, 5) is 26.8. The van der Waals surface area contributed by atoms with E-state index in [0.29, 0.717) is 17.7 Å². The highest BCUT2D eigenvalue weighted by Gasteiger charge is 2.40. The number of benzene rings is 1. The number of amides is 2. The van der Waals surface area contributed by atoms with Crippen LogP contribution in [0.5, 0.6) is 0 Å². The Kier molecular flexibility index (Phi) is 5.06. The lowest BCUT2D eigenvalue weighted by atomic mass is 9.93. The minimum absolute atomic E-state index is 0.0335. The van der Waals surface area contributed by atoms with Gasteiger partial charge in [-0.1, -0.05) is 32.9 Å². The van der Waals surface area contributed by atoms with Crippen molar-refractivity contribution in [3.63, 3.8) is 0 Å². The number of nitrogens with one attached hydrogen (secondary N) is 1. The highest BCUT2D eigenvalue weighted by Crippen LogP contribution is 2.33. The van der Waals surface area contributed by atoms with Crippen molar-refractivity contribution in [3.8, 4) is 0 Å². The first kappa shape index (κ1) is 18.8. The smallest absolute Gasteiger partial charge is 0.251 e.